The number of nitrogens with one attached hydrogen (secondary N) is 1. The van der Waals surface area contributed by atoms with Crippen LogP contribution in [0.5, 0.6) is 0 Å². The molecule has 1 aromatic carbocycles. The second-order valence-corrected chi connectivity index (χ2v) is 6.21. The Morgan fingerprint density at radius 1 is 1.04 bits per heavy atom. The van der Waals surface area contributed by atoms with Crippen molar-refractivity contribution in [1.82, 2.24) is 15.2 Å². The van der Waals surface area contributed by atoms with Crippen molar-refractivity contribution in [3.63, 3.8) is 0 Å². The molecule has 2 aromatic rings. The van der Waals surface area contributed by atoms with Crippen LogP contribution in [0.15, 0.2) is 48.8 Å². The van der Waals surface area contributed by atoms with Crippen molar-refractivity contribution in [2.24, 2.45) is 0 Å². The Morgan fingerprint density at radius 2 is 1.80 bits per heavy atom. The Hall–Kier alpha value is -2.69. The number of nitrogens with zero attached hydrogens (tertiary/aromatic N) is 2. The van der Waals surface area contributed by atoms with Crippen LogP contribution >= 0.6 is 0 Å². The summed E-state index contributed by atoms with van der Waals surface area (Å²) in [4.78, 5) is 29.4. The number of rotatable bonds is 8. The molecular weight excluding hydrogens is 314 g/mol. The lowest BCUT2D eigenvalue weighted by Gasteiger charge is -2.10. The van der Waals surface area contributed by atoms with E-state index in [0.29, 0.717) is 24.9 Å². The fourth-order valence-corrected chi connectivity index (χ4v) is 2.48. The van der Waals surface area contributed by atoms with E-state index in [1.807, 2.05) is 42.6 Å². The van der Waals surface area contributed by atoms with E-state index in [-0.39, 0.29) is 11.8 Å². The molecule has 0 atom stereocenters. The largest absolute Gasteiger partial charge is 0.356 e. The molecule has 0 saturated heterocycles. The van der Waals surface area contributed by atoms with Crippen LogP contribution in [0.3, 0.4) is 0 Å². The van der Waals surface area contributed by atoms with Crippen LogP contribution in [-0.2, 0) is 17.6 Å². The van der Waals surface area contributed by atoms with E-state index in [9.17, 15) is 9.59 Å². The van der Waals surface area contributed by atoms with Crippen molar-refractivity contribution in [3.05, 3.63) is 65.5 Å². The Bertz CT molecular complexity index is 682. The molecule has 0 aliphatic rings. The predicted octanol–water partition coefficient (Wildman–Crippen LogP) is 2.47. The molecule has 1 heterocycles. The van der Waals surface area contributed by atoms with Gasteiger partial charge in [-0.1, -0.05) is 18.2 Å². The highest BCUT2D eigenvalue weighted by Gasteiger charge is 2.08. The maximum atomic E-state index is 11.9. The average molecular weight is 339 g/mol. The minimum absolute atomic E-state index is 0.0158. The minimum Gasteiger partial charge on any atom is -0.356 e. The molecule has 25 heavy (non-hydrogen) atoms. The van der Waals surface area contributed by atoms with Gasteiger partial charge in [0.05, 0.1) is 0 Å². The fourth-order valence-electron chi connectivity index (χ4n) is 2.48. The summed E-state index contributed by atoms with van der Waals surface area (Å²) in [5.74, 6) is 0.0394. The zero-order valence-corrected chi connectivity index (χ0v) is 14.9. The molecule has 0 aliphatic carbocycles. The molecule has 2 amide bonds. The van der Waals surface area contributed by atoms with E-state index in [1.54, 1.807) is 25.2 Å². The summed E-state index contributed by atoms with van der Waals surface area (Å²) in [5, 5.41) is 2.95. The first-order valence-corrected chi connectivity index (χ1v) is 8.52. The molecule has 0 aliphatic heterocycles. The highest BCUT2D eigenvalue weighted by Crippen LogP contribution is 2.08. The molecule has 2 rings (SSSR count). The second-order valence-electron chi connectivity index (χ2n) is 6.21. The van der Waals surface area contributed by atoms with Crippen molar-refractivity contribution in [2.75, 3.05) is 20.6 Å². The summed E-state index contributed by atoms with van der Waals surface area (Å²) < 4.78 is 0. The molecule has 1 aromatic heterocycles. The van der Waals surface area contributed by atoms with Crippen LogP contribution in [0.25, 0.3) is 0 Å². The average Bonchev–Trinajstić information content (AvgIpc) is 2.64. The summed E-state index contributed by atoms with van der Waals surface area (Å²) in [6.45, 7) is 0.671. The van der Waals surface area contributed by atoms with Crippen LogP contribution in [-0.4, -0.2) is 42.3 Å². The quantitative estimate of drug-likeness (QED) is 0.752. The summed E-state index contributed by atoms with van der Waals surface area (Å²) in [5.41, 5.74) is 2.90. The van der Waals surface area contributed by atoms with Gasteiger partial charge in [0.1, 0.15) is 0 Å². The molecule has 0 radical (unpaired) electrons. The van der Waals surface area contributed by atoms with Gasteiger partial charge in [0.25, 0.3) is 5.91 Å². The lowest BCUT2D eigenvalue weighted by molar-refractivity contribution is -0.121. The second kappa shape index (κ2) is 9.57. The van der Waals surface area contributed by atoms with Gasteiger partial charge in [-0.15, -0.1) is 0 Å². The predicted molar refractivity (Wildman–Crippen MR) is 98.3 cm³/mol. The Kier molecular flexibility index (Phi) is 7.14. The van der Waals surface area contributed by atoms with Crippen LogP contribution in [0.1, 0.15) is 34.3 Å². The fraction of sp³-hybridized carbons (Fsp3) is 0.350. The number of amides is 2. The molecule has 0 fully saturated rings. The Balaban J connectivity index is 1.67. The SMILES string of the molecule is CN(C)C(=O)c1ccc(CCC(=O)NCCCc2cccnc2)cc1. The van der Waals surface area contributed by atoms with Crippen LogP contribution in [0.2, 0.25) is 0 Å². The van der Waals surface area contributed by atoms with Gasteiger partial charge < -0.3 is 10.2 Å². The van der Waals surface area contributed by atoms with Crippen molar-refractivity contribution in [2.45, 2.75) is 25.7 Å². The minimum atomic E-state index is -0.0158. The van der Waals surface area contributed by atoms with Crippen LogP contribution in [0, 0.1) is 0 Å². The maximum absolute atomic E-state index is 11.9. The molecule has 0 saturated carbocycles. The van der Waals surface area contributed by atoms with Gasteiger partial charge in [0.2, 0.25) is 5.91 Å². The smallest absolute Gasteiger partial charge is 0.253 e. The summed E-state index contributed by atoms with van der Waals surface area (Å²) >= 11 is 0. The first kappa shape index (κ1) is 18.6. The van der Waals surface area contributed by atoms with Gasteiger partial charge in [-0.3, -0.25) is 14.6 Å². The zero-order chi connectivity index (χ0) is 18.1. The standard InChI is InChI=1S/C20H25N3O2/c1-23(2)20(25)18-10-7-16(8-11-18)9-12-19(24)22-14-4-6-17-5-3-13-21-15-17/h3,5,7-8,10-11,13,15H,4,6,9,12,14H2,1-2H3,(H,22,24). The first-order chi connectivity index (χ1) is 12.1. The van der Waals surface area contributed by atoms with Crippen LogP contribution < -0.4 is 5.32 Å². The van der Waals surface area contributed by atoms with Gasteiger partial charge in [0.15, 0.2) is 0 Å². The van der Waals surface area contributed by atoms with E-state index < -0.39 is 0 Å². The molecule has 5 nitrogen and oxygen atoms in total. The van der Waals surface area contributed by atoms with Crippen molar-refractivity contribution in [1.29, 1.82) is 0 Å². The van der Waals surface area contributed by atoms with Gasteiger partial charge in [-0.05, 0) is 48.6 Å². The summed E-state index contributed by atoms with van der Waals surface area (Å²) in [6, 6.07) is 11.4. The zero-order valence-electron chi connectivity index (χ0n) is 14.9. The number of benzene rings is 1. The van der Waals surface area contributed by atoms with E-state index in [4.69, 9.17) is 0 Å². The maximum Gasteiger partial charge on any atom is 0.253 e. The van der Waals surface area contributed by atoms with E-state index in [1.165, 1.54) is 5.56 Å². The molecular formula is C20H25N3O2. The number of aryl methyl sites for hydroxylation is 2. The number of pyridine rings is 1. The monoisotopic (exact) mass is 339 g/mol. The third-order valence-electron chi connectivity index (χ3n) is 3.93. The molecule has 132 valence electrons. The number of hydrogen-bond acceptors (Lipinski definition) is 3. The molecule has 0 spiro atoms. The lowest BCUT2D eigenvalue weighted by Crippen LogP contribution is -2.25. The topological polar surface area (TPSA) is 62.3 Å². The van der Waals surface area contributed by atoms with Gasteiger partial charge in [0, 0.05) is 45.0 Å². The van der Waals surface area contributed by atoms with Crippen molar-refractivity contribution < 1.29 is 9.59 Å². The van der Waals surface area contributed by atoms with E-state index >= 15 is 0 Å². The lowest BCUT2D eigenvalue weighted by atomic mass is 10.1. The summed E-state index contributed by atoms with van der Waals surface area (Å²) in [6.07, 6.45) is 6.55. The molecule has 5 heteroatoms. The summed E-state index contributed by atoms with van der Waals surface area (Å²) in [7, 11) is 3.46. The van der Waals surface area contributed by atoms with Gasteiger partial charge in [-0.2, -0.15) is 0 Å². The Morgan fingerprint density at radius 3 is 2.44 bits per heavy atom. The Labute approximate surface area is 149 Å². The third-order valence-corrected chi connectivity index (χ3v) is 3.93. The number of hydrogen-bond donors (Lipinski definition) is 1. The highest BCUT2D eigenvalue weighted by molar-refractivity contribution is 5.93. The van der Waals surface area contributed by atoms with E-state index in [2.05, 4.69) is 10.3 Å². The van der Waals surface area contributed by atoms with Gasteiger partial charge >= 0.3 is 0 Å². The highest BCUT2D eigenvalue weighted by atomic mass is 16.2. The van der Waals surface area contributed by atoms with Crippen molar-refractivity contribution >= 4 is 11.8 Å². The first-order valence-electron chi connectivity index (χ1n) is 8.52. The molecule has 1 N–H and O–H groups in total. The van der Waals surface area contributed by atoms with Crippen LogP contribution in [0.4, 0.5) is 0 Å². The van der Waals surface area contributed by atoms with E-state index in [0.717, 1.165) is 18.4 Å². The molecule has 0 bridgehead atoms. The van der Waals surface area contributed by atoms with Crippen molar-refractivity contribution in [3.8, 4) is 0 Å². The number of carbonyl (C=O) groups excluding carboxylic acids is 2. The normalized spacial score (nSPS) is 10.3. The number of carbonyl (C=O) groups is 2. The third kappa shape index (κ3) is 6.37. The number of aromatic nitrogens is 1. The van der Waals surface area contributed by atoms with Gasteiger partial charge in [-0.25, -0.2) is 0 Å². The molecule has 0 unspecified atom stereocenters.